The van der Waals surface area contributed by atoms with Gasteiger partial charge >= 0.3 is 0 Å². The van der Waals surface area contributed by atoms with Crippen LogP contribution in [-0.4, -0.2) is 27.7 Å². The molecule has 5 nitrogen and oxygen atoms in total. The Labute approximate surface area is 126 Å². The first-order chi connectivity index (χ1) is 9.95. The van der Waals surface area contributed by atoms with Crippen LogP contribution in [0.15, 0.2) is 18.5 Å². The number of aromatic nitrogens is 3. The van der Waals surface area contributed by atoms with Gasteiger partial charge in [-0.05, 0) is 24.9 Å². The Balaban J connectivity index is 2.22. The molecule has 0 amide bonds. The lowest BCUT2D eigenvalue weighted by Crippen LogP contribution is -2.18. The molecule has 0 aromatic carbocycles. The summed E-state index contributed by atoms with van der Waals surface area (Å²) >= 11 is 0. The van der Waals surface area contributed by atoms with E-state index in [1.165, 1.54) is 0 Å². The van der Waals surface area contributed by atoms with Gasteiger partial charge in [-0.1, -0.05) is 34.1 Å². The van der Waals surface area contributed by atoms with Crippen molar-refractivity contribution in [2.75, 3.05) is 18.4 Å². The van der Waals surface area contributed by atoms with E-state index in [1.54, 1.807) is 6.20 Å². The molecule has 0 aliphatic carbocycles. The highest BCUT2D eigenvalue weighted by Crippen LogP contribution is 2.24. The van der Waals surface area contributed by atoms with E-state index in [0.717, 1.165) is 43.0 Å². The van der Waals surface area contributed by atoms with Crippen molar-refractivity contribution in [3.05, 3.63) is 24.2 Å². The maximum Gasteiger partial charge on any atom is 0.152 e. The molecule has 0 spiro atoms. The van der Waals surface area contributed by atoms with E-state index < -0.39 is 0 Å². The Morgan fingerprint density at radius 1 is 1.38 bits per heavy atom. The summed E-state index contributed by atoms with van der Waals surface area (Å²) in [4.78, 5) is 4.47. The third-order valence-corrected chi connectivity index (χ3v) is 3.87. The van der Waals surface area contributed by atoms with Gasteiger partial charge in [-0.3, -0.25) is 0 Å². The number of nitrogens with one attached hydrogen (secondary N) is 1. The lowest BCUT2D eigenvalue weighted by molar-refractivity contribution is 0.501. The summed E-state index contributed by atoms with van der Waals surface area (Å²) in [6.45, 7) is 10.3. The molecular formula is C16H27N5. The van der Waals surface area contributed by atoms with Crippen molar-refractivity contribution < 1.29 is 0 Å². The second kappa shape index (κ2) is 6.43. The summed E-state index contributed by atoms with van der Waals surface area (Å²) in [6, 6.07) is 2.12. The van der Waals surface area contributed by atoms with E-state index in [0.29, 0.717) is 5.92 Å². The quantitative estimate of drug-likeness (QED) is 0.858. The monoisotopic (exact) mass is 289 g/mol. The highest BCUT2D eigenvalue weighted by molar-refractivity contribution is 5.68. The number of nitrogens with zero attached hydrogens (tertiary/aromatic N) is 3. The highest BCUT2D eigenvalue weighted by Gasteiger charge is 2.19. The molecule has 2 aromatic rings. The summed E-state index contributed by atoms with van der Waals surface area (Å²) in [5.41, 5.74) is 7.80. The molecule has 0 aliphatic rings. The normalized spacial score (nSPS) is 13.6. The molecule has 2 heterocycles. The van der Waals surface area contributed by atoms with Crippen LogP contribution in [0.5, 0.6) is 0 Å². The van der Waals surface area contributed by atoms with Crippen LogP contribution in [0.4, 0.5) is 5.82 Å². The zero-order valence-electron chi connectivity index (χ0n) is 13.6. The predicted molar refractivity (Wildman–Crippen MR) is 87.6 cm³/mol. The zero-order valence-corrected chi connectivity index (χ0v) is 13.6. The Bertz CT molecular complexity index is 582. The van der Waals surface area contributed by atoms with Gasteiger partial charge in [0.2, 0.25) is 0 Å². The van der Waals surface area contributed by atoms with Gasteiger partial charge < -0.3 is 11.1 Å². The lowest BCUT2D eigenvalue weighted by atomic mass is 9.92. The summed E-state index contributed by atoms with van der Waals surface area (Å²) in [7, 11) is 0. The predicted octanol–water partition coefficient (Wildman–Crippen LogP) is 2.81. The van der Waals surface area contributed by atoms with Crippen LogP contribution in [0, 0.1) is 5.92 Å². The van der Waals surface area contributed by atoms with Crippen LogP contribution in [-0.2, 0) is 5.41 Å². The number of fused-ring (bicyclic) bond motifs is 1. The maximum absolute atomic E-state index is 5.66. The van der Waals surface area contributed by atoms with Gasteiger partial charge in [-0.2, -0.15) is 5.10 Å². The number of nitrogens with two attached hydrogens (primary N) is 1. The molecule has 1 atom stereocenters. The van der Waals surface area contributed by atoms with Gasteiger partial charge in [0, 0.05) is 24.4 Å². The molecular weight excluding hydrogens is 262 g/mol. The molecule has 3 N–H and O–H groups in total. The first-order valence-corrected chi connectivity index (χ1v) is 7.74. The molecule has 2 rings (SSSR count). The van der Waals surface area contributed by atoms with Crippen LogP contribution < -0.4 is 11.1 Å². The largest absolute Gasteiger partial charge is 0.368 e. The van der Waals surface area contributed by atoms with Gasteiger partial charge in [0.15, 0.2) is 5.82 Å². The number of anilines is 1. The van der Waals surface area contributed by atoms with Crippen LogP contribution in [0.25, 0.3) is 5.52 Å². The lowest BCUT2D eigenvalue weighted by Gasteiger charge is -2.15. The minimum Gasteiger partial charge on any atom is -0.368 e. The van der Waals surface area contributed by atoms with E-state index in [-0.39, 0.29) is 5.41 Å². The van der Waals surface area contributed by atoms with Crippen LogP contribution in [0.1, 0.15) is 46.2 Å². The first-order valence-electron chi connectivity index (χ1n) is 7.74. The average Bonchev–Trinajstić information content (AvgIpc) is 2.88. The molecule has 0 saturated carbocycles. The smallest absolute Gasteiger partial charge is 0.152 e. The van der Waals surface area contributed by atoms with Crippen molar-refractivity contribution in [1.29, 1.82) is 0 Å². The van der Waals surface area contributed by atoms with Crippen molar-refractivity contribution in [3.8, 4) is 0 Å². The molecule has 5 heteroatoms. The zero-order chi connectivity index (χ0) is 15.5. The Morgan fingerprint density at radius 2 is 2.14 bits per heavy atom. The van der Waals surface area contributed by atoms with Gasteiger partial charge in [-0.15, -0.1) is 0 Å². The van der Waals surface area contributed by atoms with Crippen molar-refractivity contribution in [1.82, 2.24) is 14.6 Å². The van der Waals surface area contributed by atoms with Crippen molar-refractivity contribution in [3.63, 3.8) is 0 Å². The second-order valence-electron chi connectivity index (χ2n) is 6.62. The number of rotatable bonds is 6. The maximum atomic E-state index is 5.66. The highest BCUT2D eigenvalue weighted by atomic mass is 15.2. The summed E-state index contributed by atoms with van der Waals surface area (Å²) < 4.78 is 1.90. The molecule has 0 bridgehead atoms. The van der Waals surface area contributed by atoms with Gasteiger partial charge in [0.1, 0.15) is 5.52 Å². The Morgan fingerprint density at radius 3 is 2.76 bits per heavy atom. The van der Waals surface area contributed by atoms with E-state index in [2.05, 4.69) is 49.2 Å². The fourth-order valence-corrected chi connectivity index (χ4v) is 2.35. The van der Waals surface area contributed by atoms with E-state index >= 15 is 0 Å². The summed E-state index contributed by atoms with van der Waals surface area (Å²) in [6.07, 6.45) is 5.85. The molecule has 21 heavy (non-hydrogen) atoms. The Hall–Kier alpha value is -1.62. The standard InChI is InChI=1S/C16H27N5/c1-5-12(6-7-17)11-19-15-13-10-14(16(2,3)4)20-21(13)9-8-18-15/h8-10,12H,5-7,11,17H2,1-4H3,(H,18,19). The summed E-state index contributed by atoms with van der Waals surface area (Å²) in [5, 5.41) is 8.11. The SMILES string of the molecule is CCC(CCN)CNc1nccn2nc(C(C)(C)C)cc12. The molecule has 116 valence electrons. The molecule has 1 unspecified atom stereocenters. The average molecular weight is 289 g/mol. The van der Waals surface area contributed by atoms with Gasteiger partial charge in [0.05, 0.1) is 5.69 Å². The van der Waals surface area contributed by atoms with Crippen LogP contribution >= 0.6 is 0 Å². The first kappa shape index (κ1) is 15.8. The second-order valence-corrected chi connectivity index (χ2v) is 6.62. The van der Waals surface area contributed by atoms with Gasteiger partial charge in [-0.25, -0.2) is 9.50 Å². The van der Waals surface area contributed by atoms with E-state index in [9.17, 15) is 0 Å². The molecule has 0 radical (unpaired) electrons. The topological polar surface area (TPSA) is 68.2 Å². The Kier molecular flexibility index (Phi) is 4.83. The molecule has 0 saturated heterocycles. The fourth-order valence-electron chi connectivity index (χ4n) is 2.35. The molecule has 0 aliphatic heterocycles. The third-order valence-electron chi connectivity index (χ3n) is 3.87. The van der Waals surface area contributed by atoms with Crippen molar-refractivity contribution in [2.45, 2.75) is 46.0 Å². The minimum atomic E-state index is 0.0365. The number of hydrogen-bond acceptors (Lipinski definition) is 4. The molecule has 0 fully saturated rings. The third kappa shape index (κ3) is 3.73. The molecule has 2 aromatic heterocycles. The van der Waals surface area contributed by atoms with E-state index in [4.69, 9.17) is 5.73 Å². The van der Waals surface area contributed by atoms with Crippen LogP contribution in [0.2, 0.25) is 0 Å². The minimum absolute atomic E-state index is 0.0365. The van der Waals surface area contributed by atoms with Gasteiger partial charge in [0.25, 0.3) is 0 Å². The van der Waals surface area contributed by atoms with Crippen molar-refractivity contribution in [2.24, 2.45) is 11.7 Å². The van der Waals surface area contributed by atoms with E-state index in [1.807, 2.05) is 10.7 Å². The number of hydrogen-bond donors (Lipinski definition) is 2. The van der Waals surface area contributed by atoms with Crippen LogP contribution in [0.3, 0.4) is 0 Å². The van der Waals surface area contributed by atoms with Crippen molar-refractivity contribution >= 4 is 11.3 Å². The fraction of sp³-hybridized carbons (Fsp3) is 0.625. The summed E-state index contributed by atoms with van der Waals surface area (Å²) in [5.74, 6) is 1.48.